The lowest BCUT2D eigenvalue weighted by Gasteiger charge is -2.27. The first-order chi connectivity index (χ1) is 10.8. The van der Waals surface area contributed by atoms with Crippen LogP contribution in [0.5, 0.6) is 0 Å². The molecule has 0 saturated carbocycles. The van der Waals surface area contributed by atoms with Gasteiger partial charge in [0, 0.05) is 24.7 Å². The monoisotopic (exact) mass is 339 g/mol. The summed E-state index contributed by atoms with van der Waals surface area (Å²) in [4.78, 5) is 10.6. The van der Waals surface area contributed by atoms with Crippen molar-refractivity contribution in [3.63, 3.8) is 0 Å². The van der Waals surface area contributed by atoms with E-state index in [9.17, 15) is 18.5 Å². The molecule has 0 radical (unpaired) electrons. The topological polar surface area (TPSA) is 92.5 Å². The third-order valence-corrected chi connectivity index (χ3v) is 7.16. The molecule has 0 aromatic heterocycles. The molecule has 2 bridgehead atoms. The second kappa shape index (κ2) is 5.85. The number of sulfonamides is 1. The number of nitrogens with one attached hydrogen (secondary N) is 1. The van der Waals surface area contributed by atoms with E-state index in [0.29, 0.717) is 12.1 Å². The minimum absolute atomic E-state index is 0.0699. The van der Waals surface area contributed by atoms with Crippen molar-refractivity contribution in [2.24, 2.45) is 0 Å². The Morgan fingerprint density at radius 2 is 1.91 bits per heavy atom. The van der Waals surface area contributed by atoms with E-state index in [-0.39, 0.29) is 22.7 Å². The number of rotatable bonds is 3. The van der Waals surface area contributed by atoms with Crippen molar-refractivity contribution < 1.29 is 13.3 Å². The second-order valence-electron chi connectivity index (χ2n) is 6.33. The second-order valence-corrected chi connectivity index (χ2v) is 8.11. The molecule has 1 aromatic rings. The Kier molecular flexibility index (Phi) is 4.16. The molecule has 0 amide bonds. The van der Waals surface area contributed by atoms with Gasteiger partial charge in [-0.3, -0.25) is 10.1 Å². The van der Waals surface area contributed by atoms with Crippen molar-refractivity contribution in [2.75, 3.05) is 13.1 Å². The van der Waals surface area contributed by atoms with Gasteiger partial charge in [-0.2, -0.15) is 4.31 Å². The van der Waals surface area contributed by atoms with Crippen molar-refractivity contribution in [1.82, 2.24) is 9.62 Å². The molecule has 1 aromatic carbocycles. The fourth-order valence-electron chi connectivity index (χ4n) is 3.68. The summed E-state index contributed by atoms with van der Waals surface area (Å²) >= 11 is 0. The van der Waals surface area contributed by atoms with Gasteiger partial charge in [0.1, 0.15) is 0 Å². The van der Waals surface area contributed by atoms with Gasteiger partial charge in [-0.15, -0.1) is 0 Å². The van der Waals surface area contributed by atoms with E-state index in [4.69, 9.17) is 0 Å². The maximum Gasteiger partial charge on any atom is 0.289 e. The number of aryl methyl sites for hydroxylation is 1. The number of nitrogens with zero attached hydrogens (tertiary/aromatic N) is 2. The predicted octanol–water partition coefficient (Wildman–Crippen LogP) is 1.73. The van der Waals surface area contributed by atoms with Gasteiger partial charge in [-0.25, -0.2) is 8.42 Å². The molecule has 7 nitrogen and oxygen atoms in total. The summed E-state index contributed by atoms with van der Waals surface area (Å²) in [6.45, 7) is 4.81. The molecule has 23 heavy (non-hydrogen) atoms. The van der Waals surface area contributed by atoms with Gasteiger partial charge in [-0.1, -0.05) is 6.07 Å². The highest BCUT2D eigenvalue weighted by Gasteiger charge is 2.45. The van der Waals surface area contributed by atoms with Crippen LogP contribution in [0.1, 0.15) is 30.4 Å². The first-order valence-electron chi connectivity index (χ1n) is 7.83. The van der Waals surface area contributed by atoms with Gasteiger partial charge < -0.3 is 5.32 Å². The third kappa shape index (κ3) is 2.64. The van der Waals surface area contributed by atoms with Crippen molar-refractivity contribution in [3.05, 3.63) is 33.4 Å². The summed E-state index contributed by atoms with van der Waals surface area (Å²) in [5.41, 5.74) is 0.884. The summed E-state index contributed by atoms with van der Waals surface area (Å²) in [7, 11) is -3.90. The Balaban J connectivity index is 2.17. The molecule has 2 saturated heterocycles. The van der Waals surface area contributed by atoms with Gasteiger partial charge in [0.25, 0.3) is 15.7 Å². The molecule has 3 rings (SSSR count). The minimum Gasteiger partial charge on any atom is -0.315 e. The van der Waals surface area contributed by atoms with E-state index < -0.39 is 14.9 Å². The van der Waals surface area contributed by atoms with Crippen molar-refractivity contribution in [1.29, 1.82) is 0 Å². The molecule has 2 fully saturated rings. The molecule has 2 aliphatic rings. The van der Waals surface area contributed by atoms with Gasteiger partial charge >= 0.3 is 0 Å². The maximum atomic E-state index is 13.3. The van der Waals surface area contributed by atoms with Crippen LogP contribution >= 0.6 is 0 Å². The predicted molar refractivity (Wildman–Crippen MR) is 85.9 cm³/mol. The van der Waals surface area contributed by atoms with E-state index in [2.05, 4.69) is 5.32 Å². The zero-order valence-electron chi connectivity index (χ0n) is 13.3. The molecule has 8 heteroatoms. The molecule has 2 atom stereocenters. The number of hydrogen-bond donors (Lipinski definition) is 1. The highest BCUT2D eigenvalue weighted by molar-refractivity contribution is 7.89. The molecule has 2 heterocycles. The lowest BCUT2D eigenvalue weighted by molar-refractivity contribution is -0.388. The van der Waals surface area contributed by atoms with Crippen LogP contribution in [0.2, 0.25) is 0 Å². The normalized spacial score (nSPS) is 25.3. The third-order valence-electron chi connectivity index (χ3n) is 4.98. The average molecular weight is 339 g/mol. The lowest BCUT2D eigenvalue weighted by atomic mass is 10.1. The van der Waals surface area contributed by atoms with Crippen LogP contribution < -0.4 is 5.32 Å². The first kappa shape index (κ1) is 16.4. The molecular weight excluding hydrogens is 318 g/mol. The molecular formula is C15H21N3O4S. The van der Waals surface area contributed by atoms with E-state index in [1.54, 1.807) is 19.9 Å². The van der Waals surface area contributed by atoms with E-state index in [1.807, 2.05) is 0 Å². The van der Waals surface area contributed by atoms with Crippen LogP contribution in [0.3, 0.4) is 0 Å². The highest BCUT2D eigenvalue weighted by Crippen LogP contribution is 2.38. The molecule has 126 valence electrons. The summed E-state index contributed by atoms with van der Waals surface area (Å²) < 4.78 is 28.1. The lowest BCUT2D eigenvalue weighted by Crippen LogP contribution is -2.42. The highest BCUT2D eigenvalue weighted by atomic mass is 32.2. The Morgan fingerprint density at radius 3 is 2.61 bits per heavy atom. The van der Waals surface area contributed by atoms with Crippen LogP contribution in [0.25, 0.3) is 0 Å². The van der Waals surface area contributed by atoms with Gasteiger partial charge in [0.2, 0.25) is 0 Å². The van der Waals surface area contributed by atoms with Gasteiger partial charge in [0.05, 0.1) is 4.92 Å². The number of hydrogen-bond acceptors (Lipinski definition) is 5. The van der Waals surface area contributed by atoms with Crippen molar-refractivity contribution in [3.8, 4) is 0 Å². The van der Waals surface area contributed by atoms with Crippen LogP contribution in [-0.4, -0.2) is 42.8 Å². The minimum atomic E-state index is -3.90. The fraction of sp³-hybridized carbons (Fsp3) is 0.600. The molecule has 2 unspecified atom stereocenters. The Hall–Kier alpha value is -1.51. The number of nitro groups is 1. The Bertz CT molecular complexity index is 733. The Morgan fingerprint density at radius 1 is 1.22 bits per heavy atom. The summed E-state index contributed by atoms with van der Waals surface area (Å²) in [5, 5.41) is 14.6. The first-order valence-corrected chi connectivity index (χ1v) is 9.27. The number of nitro benzene ring substituents is 1. The SMILES string of the molecule is Cc1ccc([N+](=O)[O-])c(S(=O)(=O)N2C3CCNCC2CC3)c1C. The molecule has 0 aliphatic carbocycles. The number of fused-ring (bicyclic) bond motifs is 2. The quantitative estimate of drug-likeness (QED) is 0.669. The van der Waals surface area contributed by atoms with Crippen LogP contribution in [0.15, 0.2) is 17.0 Å². The van der Waals surface area contributed by atoms with Crippen LogP contribution in [0.4, 0.5) is 5.69 Å². The Labute approximate surface area is 135 Å². The molecule has 2 aliphatic heterocycles. The molecule has 1 N–H and O–H groups in total. The zero-order chi connectivity index (χ0) is 16.8. The van der Waals surface area contributed by atoms with E-state index >= 15 is 0 Å². The van der Waals surface area contributed by atoms with Gasteiger partial charge in [-0.05, 0) is 50.8 Å². The van der Waals surface area contributed by atoms with E-state index in [0.717, 1.165) is 31.4 Å². The zero-order valence-corrected chi connectivity index (χ0v) is 14.1. The maximum absolute atomic E-state index is 13.3. The van der Waals surface area contributed by atoms with Crippen LogP contribution in [-0.2, 0) is 10.0 Å². The van der Waals surface area contributed by atoms with Gasteiger partial charge in [0.15, 0.2) is 4.90 Å². The molecule has 0 spiro atoms. The smallest absolute Gasteiger partial charge is 0.289 e. The number of benzene rings is 1. The van der Waals surface area contributed by atoms with Crippen molar-refractivity contribution in [2.45, 2.75) is 50.1 Å². The largest absolute Gasteiger partial charge is 0.315 e. The van der Waals surface area contributed by atoms with E-state index in [1.165, 1.54) is 10.4 Å². The van der Waals surface area contributed by atoms with Crippen molar-refractivity contribution >= 4 is 15.7 Å². The summed E-state index contributed by atoms with van der Waals surface area (Å²) in [5.74, 6) is 0. The fourth-order valence-corrected chi connectivity index (χ4v) is 6.02. The summed E-state index contributed by atoms with van der Waals surface area (Å²) in [6, 6.07) is 2.71. The standard InChI is InChI=1S/C15H21N3O4S/c1-10-3-6-14(18(19)20)15(11(10)2)23(21,22)17-12-4-5-13(17)9-16-8-7-12/h3,6,12-13,16H,4-5,7-9H2,1-2H3. The van der Waals surface area contributed by atoms with Crippen LogP contribution in [0, 0.1) is 24.0 Å². The summed E-state index contributed by atoms with van der Waals surface area (Å²) in [6.07, 6.45) is 2.37. The average Bonchev–Trinajstić information content (AvgIpc) is 2.75.